The van der Waals surface area contributed by atoms with Crippen LogP contribution in [0.5, 0.6) is 0 Å². The van der Waals surface area contributed by atoms with Gasteiger partial charge in [-0.3, -0.25) is 14.2 Å². The highest BCUT2D eigenvalue weighted by Gasteiger charge is 2.22. The molecule has 0 bridgehead atoms. The van der Waals surface area contributed by atoms with E-state index < -0.39 is 0 Å². The SMILES string of the molecule is C=CCn1c(SCC(=O)N(CCC)CCC)nc2sc3c(c2c1=O)CCCC3. The molecule has 0 atom stereocenters. The van der Waals surface area contributed by atoms with Crippen molar-refractivity contribution in [1.82, 2.24) is 14.5 Å². The van der Waals surface area contributed by atoms with Gasteiger partial charge in [0.1, 0.15) is 4.83 Å². The number of rotatable bonds is 9. The highest BCUT2D eigenvalue weighted by atomic mass is 32.2. The third-order valence-electron chi connectivity index (χ3n) is 5.02. The summed E-state index contributed by atoms with van der Waals surface area (Å²) >= 11 is 3.02. The Kier molecular flexibility index (Phi) is 7.35. The molecule has 0 saturated carbocycles. The van der Waals surface area contributed by atoms with Crippen LogP contribution in [0.1, 0.15) is 50.0 Å². The fourth-order valence-corrected chi connectivity index (χ4v) is 5.95. The molecule has 2 heterocycles. The van der Waals surface area contributed by atoms with Gasteiger partial charge in [0.25, 0.3) is 5.56 Å². The highest BCUT2D eigenvalue weighted by molar-refractivity contribution is 7.99. The molecule has 1 aliphatic carbocycles. The quantitative estimate of drug-likeness (QED) is 0.346. The van der Waals surface area contributed by atoms with Gasteiger partial charge in [0, 0.05) is 24.5 Å². The number of aryl methyl sites for hydroxylation is 2. The molecule has 0 aromatic carbocycles. The van der Waals surface area contributed by atoms with E-state index in [0.29, 0.717) is 17.5 Å². The van der Waals surface area contributed by atoms with Crippen molar-refractivity contribution >= 4 is 39.2 Å². The lowest BCUT2D eigenvalue weighted by atomic mass is 9.97. The summed E-state index contributed by atoms with van der Waals surface area (Å²) in [6.45, 7) is 9.92. The largest absolute Gasteiger partial charge is 0.342 e. The molecule has 1 aliphatic rings. The first-order valence-electron chi connectivity index (χ1n) is 10.2. The van der Waals surface area contributed by atoms with Crippen LogP contribution < -0.4 is 5.56 Å². The van der Waals surface area contributed by atoms with Crippen LogP contribution in [0.25, 0.3) is 10.2 Å². The zero-order chi connectivity index (χ0) is 20.1. The molecule has 0 aliphatic heterocycles. The number of aromatic nitrogens is 2. The zero-order valence-electron chi connectivity index (χ0n) is 16.8. The lowest BCUT2D eigenvalue weighted by Crippen LogP contribution is -2.34. The maximum absolute atomic E-state index is 13.2. The highest BCUT2D eigenvalue weighted by Crippen LogP contribution is 2.34. The molecule has 0 spiro atoms. The Morgan fingerprint density at radius 1 is 1.29 bits per heavy atom. The monoisotopic (exact) mass is 419 g/mol. The van der Waals surface area contributed by atoms with Gasteiger partial charge in [-0.05, 0) is 44.1 Å². The van der Waals surface area contributed by atoms with Crippen molar-refractivity contribution in [1.29, 1.82) is 0 Å². The summed E-state index contributed by atoms with van der Waals surface area (Å²) in [5, 5.41) is 1.41. The molecule has 28 heavy (non-hydrogen) atoms. The Morgan fingerprint density at radius 2 is 2.00 bits per heavy atom. The first kappa shape index (κ1) is 21.1. The van der Waals surface area contributed by atoms with Gasteiger partial charge in [-0.2, -0.15) is 0 Å². The van der Waals surface area contributed by atoms with Crippen molar-refractivity contribution in [2.75, 3.05) is 18.8 Å². The topological polar surface area (TPSA) is 55.2 Å². The van der Waals surface area contributed by atoms with Crippen LogP contribution in [-0.4, -0.2) is 39.2 Å². The summed E-state index contributed by atoms with van der Waals surface area (Å²) in [4.78, 5) is 34.7. The lowest BCUT2D eigenvalue weighted by Gasteiger charge is -2.21. The number of hydrogen-bond donors (Lipinski definition) is 0. The molecule has 3 rings (SSSR count). The molecule has 1 amide bonds. The van der Waals surface area contributed by atoms with Crippen LogP contribution in [0, 0.1) is 0 Å². The van der Waals surface area contributed by atoms with E-state index in [1.54, 1.807) is 22.0 Å². The maximum atomic E-state index is 13.2. The van der Waals surface area contributed by atoms with Gasteiger partial charge in [-0.1, -0.05) is 31.7 Å². The van der Waals surface area contributed by atoms with E-state index in [0.717, 1.165) is 55.4 Å². The molecular weight excluding hydrogens is 390 g/mol. The number of fused-ring (bicyclic) bond motifs is 3. The summed E-state index contributed by atoms with van der Waals surface area (Å²) in [7, 11) is 0. The maximum Gasteiger partial charge on any atom is 0.263 e. The minimum absolute atomic E-state index is 0.0122. The molecule has 0 N–H and O–H groups in total. The van der Waals surface area contributed by atoms with Crippen LogP contribution in [0.4, 0.5) is 0 Å². The van der Waals surface area contributed by atoms with Crippen molar-refractivity contribution in [3.8, 4) is 0 Å². The average molecular weight is 420 g/mol. The van der Waals surface area contributed by atoms with E-state index in [1.165, 1.54) is 28.6 Å². The second kappa shape index (κ2) is 9.74. The number of hydrogen-bond acceptors (Lipinski definition) is 5. The fraction of sp³-hybridized carbons (Fsp3) is 0.571. The van der Waals surface area contributed by atoms with E-state index in [-0.39, 0.29) is 11.5 Å². The van der Waals surface area contributed by atoms with E-state index in [9.17, 15) is 9.59 Å². The Balaban J connectivity index is 1.91. The minimum atomic E-state index is 0.0122. The molecular formula is C21H29N3O2S2. The number of carbonyl (C=O) groups excluding carboxylic acids is 1. The van der Waals surface area contributed by atoms with Gasteiger partial charge < -0.3 is 4.90 Å². The van der Waals surface area contributed by atoms with E-state index in [2.05, 4.69) is 20.4 Å². The molecule has 0 fully saturated rings. The number of allylic oxidation sites excluding steroid dienone is 1. The number of amides is 1. The Labute approximate surface area is 174 Å². The summed E-state index contributed by atoms with van der Waals surface area (Å²) in [5.41, 5.74) is 1.21. The zero-order valence-corrected chi connectivity index (χ0v) is 18.5. The molecule has 0 radical (unpaired) electrons. The minimum Gasteiger partial charge on any atom is -0.342 e. The van der Waals surface area contributed by atoms with Crippen LogP contribution in [0.3, 0.4) is 0 Å². The number of thioether (sulfide) groups is 1. The van der Waals surface area contributed by atoms with Gasteiger partial charge in [-0.15, -0.1) is 17.9 Å². The Hall–Kier alpha value is -1.60. The van der Waals surface area contributed by atoms with Crippen molar-refractivity contribution in [3.05, 3.63) is 33.4 Å². The number of carbonyl (C=O) groups is 1. The van der Waals surface area contributed by atoms with Crippen molar-refractivity contribution < 1.29 is 4.79 Å². The predicted octanol–water partition coefficient (Wildman–Crippen LogP) is 4.26. The smallest absolute Gasteiger partial charge is 0.263 e. The molecule has 0 saturated heterocycles. The normalized spacial score (nSPS) is 13.5. The van der Waals surface area contributed by atoms with Gasteiger partial charge in [0.05, 0.1) is 11.1 Å². The molecule has 152 valence electrons. The molecule has 0 unspecified atom stereocenters. The Morgan fingerprint density at radius 3 is 2.68 bits per heavy atom. The fourth-order valence-electron chi connectivity index (χ4n) is 3.74. The van der Waals surface area contributed by atoms with Gasteiger partial charge in [-0.25, -0.2) is 4.98 Å². The first-order valence-corrected chi connectivity index (χ1v) is 12.0. The van der Waals surface area contributed by atoms with Crippen LogP contribution in [-0.2, 0) is 24.2 Å². The van der Waals surface area contributed by atoms with Crippen molar-refractivity contribution in [2.24, 2.45) is 0 Å². The van der Waals surface area contributed by atoms with Crippen LogP contribution in [0.2, 0.25) is 0 Å². The molecule has 7 heteroatoms. The van der Waals surface area contributed by atoms with E-state index in [1.807, 2.05) is 4.90 Å². The van der Waals surface area contributed by atoms with E-state index in [4.69, 9.17) is 4.98 Å². The third kappa shape index (κ3) is 4.35. The Bertz CT molecular complexity index is 910. The van der Waals surface area contributed by atoms with E-state index >= 15 is 0 Å². The summed E-state index contributed by atoms with van der Waals surface area (Å²) in [6, 6.07) is 0. The standard InChI is InChI=1S/C21H29N3O2S2/c1-4-11-23(12-5-2)17(25)14-27-21-22-19-18(20(26)24(21)13-6-3)15-9-7-8-10-16(15)28-19/h6H,3-5,7-14H2,1-2H3. The van der Waals surface area contributed by atoms with Crippen LogP contribution >= 0.6 is 23.1 Å². The summed E-state index contributed by atoms with van der Waals surface area (Å²) in [5.74, 6) is 0.416. The summed E-state index contributed by atoms with van der Waals surface area (Å²) < 4.78 is 1.68. The van der Waals surface area contributed by atoms with Crippen molar-refractivity contribution in [3.63, 3.8) is 0 Å². The van der Waals surface area contributed by atoms with Crippen molar-refractivity contribution in [2.45, 2.75) is 64.1 Å². The second-order valence-corrected chi connectivity index (χ2v) is 9.19. The van der Waals surface area contributed by atoms with Gasteiger partial charge in [0.15, 0.2) is 5.16 Å². The van der Waals surface area contributed by atoms with Crippen LogP contribution in [0.15, 0.2) is 22.6 Å². The molecule has 2 aromatic heterocycles. The summed E-state index contributed by atoms with van der Waals surface area (Å²) in [6.07, 6.45) is 7.94. The predicted molar refractivity (Wildman–Crippen MR) is 119 cm³/mol. The van der Waals surface area contributed by atoms with Gasteiger partial charge in [0.2, 0.25) is 5.91 Å². The third-order valence-corrected chi connectivity index (χ3v) is 7.16. The van der Waals surface area contributed by atoms with Gasteiger partial charge >= 0.3 is 0 Å². The molecule has 5 nitrogen and oxygen atoms in total. The molecule has 2 aromatic rings. The first-order chi connectivity index (χ1) is 13.6. The number of nitrogens with zero attached hydrogens (tertiary/aromatic N) is 3. The number of thiophene rings is 1. The second-order valence-electron chi connectivity index (χ2n) is 7.16. The lowest BCUT2D eigenvalue weighted by molar-refractivity contribution is -0.128. The average Bonchev–Trinajstić information content (AvgIpc) is 3.07.